The summed E-state index contributed by atoms with van der Waals surface area (Å²) >= 11 is 1.50. The molecule has 122 valence electrons. The van der Waals surface area contributed by atoms with Crippen molar-refractivity contribution in [2.45, 2.75) is 6.54 Å². The van der Waals surface area contributed by atoms with Gasteiger partial charge >= 0.3 is 0 Å². The van der Waals surface area contributed by atoms with Crippen LogP contribution in [-0.2, 0) is 16.1 Å². The molecule has 0 fully saturated rings. The van der Waals surface area contributed by atoms with Gasteiger partial charge in [0.15, 0.2) is 0 Å². The molecular formula is C17H15N3O3S. The summed E-state index contributed by atoms with van der Waals surface area (Å²) in [6.45, 7) is 0.201. The van der Waals surface area contributed by atoms with Crippen molar-refractivity contribution >= 4 is 39.4 Å². The molecule has 1 aromatic carbocycles. The number of para-hydroxylation sites is 1. The van der Waals surface area contributed by atoms with Gasteiger partial charge in [-0.1, -0.05) is 12.1 Å². The van der Waals surface area contributed by atoms with Crippen molar-refractivity contribution in [3.8, 4) is 0 Å². The molecule has 0 bridgehead atoms. The van der Waals surface area contributed by atoms with Crippen LogP contribution in [0.15, 0.2) is 53.2 Å². The first-order chi connectivity index (χ1) is 11.7. The maximum absolute atomic E-state index is 11.7. The first-order valence-corrected chi connectivity index (χ1v) is 8.13. The van der Waals surface area contributed by atoms with E-state index in [2.05, 4.69) is 15.6 Å². The van der Waals surface area contributed by atoms with Gasteiger partial charge in [0, 0.05) is 6.08 Å². The molecule has 0 saturated heterocycles. The van der Waals surface area contributed by atoms with Crippen LogP contribution in [0.25, 0.3) is 16.3 Å². The minimum absolute atomic E-state index is 0.0935. The minimum Gasteiger partial charge on any atom is -0.467 e. The lowest BCUT2D eigenvalue weighted by molar-refractivity contribution is -0.124. The highest BCUT2D eigenvalue weighted by molar-refractivity contribution is 7.19. The number of hydrogen-bond donors (Lipinski definition) is 2. The highest BCUT2D eigenvalue weighted by Crippen LogP contribution is 2.22. The summed E-state index contributed by atoms with van der Waals surface area (Å²) < 4.78 is 6.17. The summed E-state index contributed by atoms with van der Waals surface area (Å²) in [5.41, 5.74) is 0.903. The predicted octanol–water partition coefficient (Wildman–Crippen LogP) is 2.34. The second-order valence-electron chi connectivity index (χ2n) is 4.93. The number of aromatic nitrogens is 1. The molecule has 0 aliphatic heterocycles. The van der Waals surface area contributed by atoms with Gasteiger partial charge in [-0.05, 0) is 30.3 Å². The van der Waals surface area contributed by atoms with Gasteiger partial charge < -0.3 is 15.1 Å². The first kappa shape index (κ1) is 15.9. The molecule has 3 aromatic rings. The van der Waals surface area contributed by atoms with Crippen molar-refractivity contribution in [2.75, 3.05) is 6.54 Å². The van der Waals surface area contributed by atoms with Gasteiger partial charge in [-0.2, -0.15) is 0 Å². The Morgan fingerprint density at radius 2 is 2.04 bits per heavy atom. The van der Waals surface area contributed by atoms with Gasteiger partial charge in [0.05, 0.1) is 29.6 Å². The van der Waals surface area contributed by atoms with Crippen molar-refractivity contribution in [1.29, 1.82) is 0 Å². The van der Waals surface area contributed by atoms with E-state index < -0.39 is 0 Å². The van der Waals surface area contributed by atoms with Crippen molar-refractivity contribution < 1.29 is 14.0 Å². The fourth-order valence-electron chi connectivity index (χ4n) is 2.00. The molecule has 0 saturated carbocycles. The second kappa shape index (κ2) is 7.56. The zero-order valence-electron chi connectivity index (χ0n) is 12.7. The van der Waals surface area contributed by atoms with Crippen LogP contribution in [0.4, 0.5) is 0 Å². The fraction of sp³-hybridized carbons (Fsp3) is 0.118. The first-order valence-electron chi connectivity index (χ1n) is 7.31. The molecule has 3 rings (SSSR count). The zero-order valence-corrected chi connectivity index (χ0v) is 13.5. The normalized spacial score (nSPS) is 11.0. The molecule has 24 heavy (non-hydrogen) atoms. The number of nitrogens with zero attached hydrogens (tertiary/aromatic N) is 1. The standard InChI is InChI=1S/C17H15N3O3S/c21-15(19-11-16(22)18-10-12-4-3-9-23-12)7-8-17-20-13-5-1-2-6-14(13)24-17/h1-9H,10-11H2,(H,18,22)(H,19,21)/b8-7+. The molecular weight excluding hydrogens is 326 g/mol. The van der Waals surface area contributed by atoms with Crippen LogP contribution in [-0.4, -0.2) is 23.3 Å². The van der Waals surface area contributed by atoms with Crippen LogP contribution in [0.1, 0.15) is 10.8 Å². The number of benzene rings is 1. The van der Waals surface area contributed by atoms with Crippen LogP contribution in [0.2, 0.25) is 0 Å². The molecule has 6 nitrogen and oxygen atoms in total. The molecule has 2 amide bonds. The van der Waals surface area contributed by atoms with Gasteiger partial charge in [0.1, 0.15) is 10.8 Å². The smallest absolute Gasteiger partial charge is 0.244 e. The van der Waals surface area contributed by atoms with Gasteiger partial charge in [0.25, 0.3) is 0 Å². The Morgan fingerprint density at radius 1 is 1.17 bits per heavy atom. The van der Waals surface area contributed by atoms with Crippen LogP contribution in [0, 0.1) is 0 Å². The van der Waals surface area contributed by atoms with Crippen molar-refractivity contribution in [2.24, 2.45) is 0 Å². The number of carbonyl (C=O) groups excluding carboxylic acids is 2. The molecule has 2 N–H and O–H groups in total. The third-order valence-corrected chi connectivity index (χ3v) is 4.15. The molecule has 7 heteroatoms. The van der Waals surface area contributed by atoms with Crippen LogP contribution in [0.5, 0.6) is 0 Å². The molecule has 0 aliphatic carbocycles. The average Bonchev–Trinajstić information content (AvgIpc) is 3.25. The third-order valence-electron chi connectivity index (χ3n) is 3.15. The van der Waals surface area contributed by atoms with Crippen LogP contribution >= 0.6 is 11.3 Å². The minimum atomic E-state index is -0.345. The Morgan fingerprint density at radius 3 is 2.83 bits per heavy atom. The summed E-state index contributed by atoms with van der Waals surface area (Å²) in [7, 11) is 0. The lowest BCUT2D eigenvalue weighted by atomic mass is 10.3. The molecule has 0 spiro atoms. The summed E-state index contributed by atoms with van der Waals surface area (Å²) in [6.07, 6.45) is 4.55. The van der Waals surface area contributed by atoms with Crippen LogP contribution < -0.4 is 10.6 Å². The Balaban J connectivity index is 1.45. The monoisotopic (exact) mass is 341 g/mol. The van der Waals surface area contributed by atoms with E-state index in [1.165, 1.54) is 23.7 Å². The lowest BCUT2D eigenvalue weighted by Crippen LogP contribution is -2.35. The van der Waals surface area contributed by atoms with E-state index >= 15 is 0 Å². The van der Waals surface area contributed by atoms with Gasteiger partial charge in [-0.3, -0.25) is 9.59 Å². The molecule has 2 heterocycles. The predicted molar refractivity (Wildman–Crippen MR) is 92.2 cm³/mol. The van der Waals surface area contributed by atoms with E-state index in [1.807, 2.05) is 24.3 Å². The number of thiazole rings is 1. The van der Waals surface area contributed by atoms with E-state index in [-0.39, 0.29) is 18.4 Å². The Hall–Kier alpha value is -2.93. The number of carbonyl (C=O) groups is 2. The molecule has 0 aliphatic rings. The highest BCUT2D eigenvalue weighted by atomic mass is 32.1. The fourth-order valence-corrected chi connectivity index (χ4v) is 2.87. The van der Waals surface area contributed by atoms with E-state index in [0.29, 0.717) is 12.3 Å². The quantitative estimate of drug-likeness (QED) is 0.674. The van der Waals surface area contributed by atoms with Gasteiger partial charge in [-0.15, -0.1) is 11.3 Å². The average molecular weight is 341 g/mol. The number of furan rings is 1. The number of rotatable bonds is 6. The molecule has 0 radical (unpaired) electrons. The molecule has 2 aromatic heterocycles. The number of nitrogens with one attached hydrogen (secondary N) is 2. The topological polar surface area (TPSA) is 84.2 Å². The number of amides is 2. The highest BCUT2D eigenvalue weighted by Gasteiger charge is 2.05. The SMILES string of the molecule is O=C(/C=C/c1nc2ccccc2s1)NCC(=O)NCc1ccco1. The van der Waals surface area contributed by atoms with Gasteiger partial charge in [0.2, 0.25) is 11.8 Å². The summed E-state index contributed by atoms with van der Waals surface area (Å²) in [5.74, 6) is 0.0287. The summed E-state index contributed by atoms with van der Waals surface area (Å²) in [5, 5.41) is 5.92. The van der Waals surface area contributed by atoms with Crippen molar-refractivity contribution in [1.82, 2.24) is 15.6 Å². The summed E-state index contributed by atoms with van der Waals surface area (Å²) in [4.78, 5) is 27.8. The number of hydrogen-bond acceptors (Lipinski definition) is 5. The van der Waals surface area contributed by atoms with Crippen molar-refractivity contribution in [3.05, 3.63) is 59.5 Å². The summed E-state index contributed by atoms with van der Waals surface area (Å²) in [6, 6.07) is 11.3. The van der Waals surface area contributed by atoms with E-state index in [0.717, 1.165) is 15.2 Å². The Kier molecular flexibility index (Phi) is 5.02. The second-order valence-corrected chi connectivity index (χ2v) is 5.99. The molecule has 0 unspecified atom stereocenters. The Labute approximate surface area is 142 Å². The largest absolute Gasteiger partial charge is 0.467 e. The maximum Gasteiger partial charge on any atom is 0.244 e. The van der Waals surface area contributed by atoms with Crippen molar-refractivity contribution in [3.63, 3.8) is 0 Å². The van der Waals surface area contributed by atoms with E-state index in [4.69, 9.17) is 4.42 Å². The van der Waals surface area contributed by atoms with E-state index in [9.17, 15) is 9.59 Å². The third kappa shape index (κ3) is 4.30. The lowest BCUT2D eigenvalue weighted by Gasteiger charge is -2.03. The zero-order chi connectivity index (χ0) is 16.8. The number of fused-ring (bicyclic) bond motifs is 1. The maximum atomic E-state index is 11.7. The Bertz CT molecular complexity index is 835. The van der Waals surface area contributed by atoms with E-state index in [1.54, 1.807) is 18.2 Å². The van der Waals surface area contributed by atoms with Gasteiger partial charge in [-0.25, -0.2) is 4.98 Å². The molecule has 0 atom stereocenters. The van der Waals surface area contributed by atoms with Crippen LogP contribution in [0.3, 0.4) is 0 Å².